The van der Waals surface area contributed by atoms with Crippen molar-refractivity contribution in [1.82, 2.24) is 0 Å². The standard InChI is InChI=1S/C14H20IN.ClH/c15-13-8-4-7-12(10-13)14(16)9-11-5-2-1-3-6-11;/h4,7-8,10-11,14H,1-3,5-6,9,16H2;1H. The predicted molar refractivity (Wildman–Crippen MR) is 84.5 cm³/mol. The van der Waals surface area contributed by atoms with E-state index >= 15 is 0 Å². The second-order valence-corrected chi connectivity index (χ2v) is 6.15. The normalized spacial score (nSPS) is 18.5. The molecule has 1 unspecified atom stereocenters. The summed E-state index contributed by atoms with van der Waals surface area (Å²) in [5, 5.41) is 0. The molecule has 0 aliphatic heterocycles. The molecule has 0 saturated heterocycles. The zero-order valence-electron chi connectivity index (χ0n) is 10.1. The lowest BCUT2D eigenvalue weighted by Crippen LogP contribution is -2.17. The fourth-order valence-electron chi connectivity index (χ4n) is 2.66. The first-order chi connectivity index (χ1) is 7.75. The highest BCUT2D eigenvalue weighted by Crippen LogP contribution is 2.31. The van der Waals surface area contributed by atoms with E-state index in [4.69, 9.17) is 5.73 Å². The Hall–Kier alpha value is 0.200. The van der Waals surface area contributed by atoms with E-state index in [-0.39, 0.29) is 18.4 Å². The van der Waals surface area contributed by atoms with Gasteiger partial charge in [-0.1, -0.05) is 44.2 Å². The van der Waals surface area contributed by atoms with Gasteiger partial charge in [-0.05, 0) is 52.6 Å². The molecule has 1 saturated carbocycles. The van der Waals surface area contributed by atoms with Crippen molar-refractivity contribution in [3.8, 4) is 0 Å². The summed E-state index contributed by atoms with van der Waals surface area (Å²) in [7, 11) is 0. The van der Waals surface area contributed by atoms with Gasteiger partial charge in [0, 0.05) is 9.61 Å². The van der Waals surface area contributed by atoms with Crippen LogP contribution in [0.2, 0.25) is 0 Å². The van der Waals surface area contributed by atoms with Crippen molar-refractivity contribution in [1.29, 1.82) is 0 Å². The Morgan fingerprint density at radius 1 is 1.24 bits per heavy atom. The lowest BCUT2D eigenvalue weighted by Gasteiger charge is -2.24. The number of hydrogen-bond donors (Lipinski definition) is 1. The summed E-state index contributed by atoms with van der Waals surface area (Å²) in [6, 6.07) is 8.84. The van der Waals surface area contributed by atoms with E-state index in [0.717, 1.165) is 5.92 Å². The smallest absolute Gasteiger partial charge is 0.0297 e. The summed E-state index contributed by atoms with van der Waals surface area (Å²) in [4.78, 5) is 0. The molecule has 0 heterocycles. The molecule has 2 N–H and O–H groups in total. The third kappa shape index (κ3) is 4.76. The van der Waals surface area contributed by atoms with Crippen LogP contribution in [-0.4, -0.2) is 0 Å². The second kappa shape index (κ2) is 7.59. The molecule has 0 bridgehead atoms. The molecule has 0 spiro atoms. The van der Waals surface area contributed by atoms with E-state index in [1.807, 2.05) is 0 Å². The number of rotatable bonds is 3. The molecule has 3 heteroatoms. The van der Waals surface area contributed by atoms with Crippen LogP contribution in [-0.2, 0) is 0 Å². The minimum Gasteiger partial charge on any atom is -0.324 e. The minimum absolute atomic E-state index is 0. The van der Waals surface area contributed by atoms with Crippen molar-refractivity contribution >= 4 is 35.0 Å². The van der Waals surface area contributed by atoms with Crippen LogP contribution in [0.15, 0.2) is 24.3 Å². The SMILES string of the molecule is Cl.NC(CC1CCCCC1)c1cccc(I)c1. The zero-order valence-corrected chi connectivity index (χ0v) is 13.0. The van der Waals surface area contributed by atoms with Crippen LogP contribution in [0.25, 0.3) is 0 Å². The summed E-state index contributed by atoms with van der Waals surface area (Å²) in [5.41, 5.74) is 7.59. The third-order valence-corrected chi connectivity index (χ3v) is 4.26. The Morgan fingerprint density at radius 3 is 2.59 bits per heavy atom. The van der Waals surface area contributed by atoms with Gasteiger partial charge in [0.15, 0.2) is 0 Å². The van der Waals surface area contributed by atoms with Gasteiger partial charge in [0.2, 0.25) is 0 Å². The average Bonchev–Trinajstić information content (AvgIpc) is 2.30. The maximum atomic E-state index is 6.29. The lowest BCUT2D eigenvalue weighted by molar-refractivity contribution is 0.319. The fourth-order valence-corrected chi connectivity index (χ4v) is 3.22. The van der Waals surface area contributed by atoms with E-state index in [9.17, 15) is 0 Å². The molecule has 96 valence electrons. The van der Waals surface area contributed by atoms with E-state index in [1.165, 1.54) is 47.7 Å². The molecule has 0 amide bonds. The minimum atomic E-state index is 0. The molecule has 1 aliphatic rings. The van der Waals surface area contributed by atoms with E-state index in [0.29, 0.717) is 0 Å². The Bertz CT molecular complexity index is 337. The highest BCUT2D eigenvalue weighted by Gasteiger charge is 2.17. The Labute approximate surface area is 124 Å². The van der Waals surface area contributed by atoms with Crippen molar-refractivity contribution in [2.45, 2.75) is 44.6 Å². The molecule has 17 heavy (non-hydrogen) atoms. The van der Waals surface area contributed by atoms with Crippen molar-refractivity contribution in [2.24, 2.45) is 11.7 Å². The van der Waals surface area contributed by atoms with Crippen molar-refractivity contribution in [2.75, 3.05) is 0 Å². The summed E-state index contributed by atoms with van der Waals surface area (Å²) in [5.74, 6) is 0.863. The van der Waals surface area contributed by atoms with Gasteiger partial charge in [-0.2, -0.15) is 0 Å². The number of hydrogen-bond acceptors (Lipinski definition) is 1. The summed E-state index contributed by atoms with van der Waals surface area (Å²) < 4.78 is 1.29. The fraction of sp³-hybridized carbons (Fsp3) is 0.571. The summed E-state index contributed by atoms with van der Waals surface area (Å²) >= 11 is 2.35. The zero-order chi connectivity index (χ0) is 11.4. The molecule has 1 atom stereocenters. The Kier molecular flexibility index (Phi) is 6.82. The van der Waals surface area contributed by atoms with Crippen LogP contribution in [0.4, 0.5) is 0 Å². The molecular formula is C14H21ClIN. The summed E-state index contributed by atoms with van der Waals surface area (Å²) in [6.45, 7) is 0. The highest BCUT2D eigenvalue weighted by molar-refractivity contribution is 14.1. The first-order valence-corrected chi connectivity index (χ1v) is 7.34. The van der Waals surface area contributed by atoms with Gasteiger partial charge in [-0.15, -0.1) is 12.4 Å². The highest BCUT2D eigenvalue weighted by atomic mass is 127. The first-order valence-electron chi connectivity index (χ1n) is 6.27. The predicted octanol–water partition coefficient (Wildman–Crippen LogP) is 4.68. The van der Waals surface area contributed by atoms with E-state index in [2.05, 4.69) is 46.9 Å². The van der Waals surface area contributed by atoms with E-state index in [1.54, 1.807) is 0 Å². The van der Waals surface area contributed by atoms with Gasteiger partial charge < -0.3 is 5.73 Å². The lowest BCUT2D eigenvalue weighted by atomic mass is 9.83. The van der Waals surface area contributed by atoms with Gasteiger partial charge in [0.1, 0.15) is 0 Å². The molecule has 1 aromatic rings. The van der Waals surface area contributed by atoms with Crippen LogP contribution in [0.1, 0.15) is 50.1 Å². The molecule has 0 radical (unpaired) electrons. The molecule has 1 nitrogen and oxygen atoms in total. The van der Waals surface area contributed by atoms with Gasteiger partial charge in [-0.25, -0.2) is 0 Å². The molecule has 2 rings (SSSR count). The third-order valence-electron chi connectivity index (χ3n) is 3.59. The molecule has 1 aliphatic carbocycles. The van der Waals surface area contributed by atoms with E-state index < -0.39 is 0 Å². The number of nitrogens with two attached hydrogens (primary N) is 1. The largest absolute Gasteiger partial charge is 0.324 e. The Balaban J connectivity index is 0.00000144. The van der Waals surface area contributed by atoms with Crippen LogP contribution < -0.4 is 5.73 Å². The monoisotopic (exact) mass is 365 g/mol. The average molecular weight is 366 g/mol. The Morgan fingerprint density at radius 2 is 1.94 bits per heavy atom. The van der Waals surface area contributed by atoms with Crippen LogP contribution in [0, 0.1) is 9.49 Å². The van der Waals surface area contributed by atoms with Gasteiger partial charge in [0.05, 0.1) is 0 Å². The van der Waals surface area contributed by atoms with Crippen LogP contribution in [0.3, 0.4) is 0 Å². The van der Waals surface area contributed by atoms with Crippen LogP contribution >= 0.6 is 35.0 Å². The molecule has 0 aromatic heterocycles. The second-order valence-electron chi connectivity index (χ2n) is 4.90. The van der Waals surface area contributed by atoms with Crippen molar-refractivity contribution in [3.05, 3.63) is 33.4 Å². The van der Waals surface area contributed by atoms with Crippen molar-refractivity contribution in [3.63, 3.8) is 0 Å². The number of benzene rings is 1. The maximum absolute atomic E-state index is 6.29. The number of halogens is 2. The van der Waals surface area contributed by atoms with Crippen LogP contribution in [0.5, 0.6) is 0 Å². The first kappa shape index (κ1) is 15.3. The van der Waals surface area contributed by atoms with Gasteiger partial charge >= 0.3 is 0 Å². The molecule has 1 fully saturated rings. The van der Waals surface area contributed by atoms with Crippen molar-refractivity contribution < 1.29 is 0 Å². The topological polar surface area (TPSA) is 26.0 Å². The summed E-state index contributed by atoms with van der Waals surface area (Å²) in [6.07, 6.45) is 8.18. The maximum Gasteiger partial charge on any atom is 0.0297 e. The molecule has 1 aromatic carbocycles. The van der Waals surface area contributed by atoms with Gasteiger partial charge in [0.25, 0.3) is 0 Å². The molecular weight excluding hydrogens is 345 g/mol. The van der Waals surface area contributed by atoms with Gasteiger partial charge in [-0.3, -0.25) is 0 Å². The quantitative estimate of drug-likeness (QED) is 0.773.